The summed E-state index contributed by atoms with van der Waals surface area (Å²) in [7, 11) is 3.23. The minimum absolute atomic E-state index is 0.0142. The molecule has 1 aliphatic rings. The van der Waals surface area contributed by atoms with Crippen LogP contribution in [0.25, 0.3) is 0 Å². The van der Waals surface area contributed by atoms with Crippen molar-refractivity contribution in [1.82, 2.24) is 15.0 Å². The fourth-order valence-corrected chi connectivity index (χ4v) is 2.94. The SMILES string of the molecule is COc1ccc(CCN2CC(c3noc(C)n3)CC2=O)cc1OC. The molecule has 1 aromatic carbocycles. The molecule has 0 radical (unpaired) electrons. The molecule has 2 aromatic rings. The van der Waals surface area contributed by atoms with Crippen molar-refractivity contribution in [3.05, 3.63) is 35.5 Å². The van der Waals surface area contributed by atoms with E-state index in [0.29, 0.717) is 42.7 Å². The maximum Gasteiger partial charge on any atom is 0.223 e. The third kappa shape index (κ3) is 3.34. The molecule has 1 aromatic heterocycles. The average molecular weight is 331 g/mol. The number of aromatic nitrogens is 2. The topological polar surface area (TPSA) is 77.7 Å². The van der Waals surface area contributed by atoms with Crippen molar-refractivity contribution >= 4 is 5.91 Å². The Morgan fingerprint density at radius 1 is 1.29 bits per heavy atom. The Kier molecular flexibility index (Phi) is 4.69. The second-order valence-electron chi connectivity index (χ2n) is 5.85. The second-order valence-corrected chi connectivity index (χ2v) is 5.85. The number of benzene rings is 1. The number of likely N-dealkylation sites (tertiary alicyclic amines) is 1. The quantitative estimate of drug-likeness (QED) is 0.805. The molecule has 3 rings (SSSR count). The number of nitrogens with zero attached hydrogens (tertiary/aromatic N) is 3. The van der Waals surface area contributed by atoms with Crippen LogP contribution in [0, 0.1) is 6.92 Å². The van der Waals surface area contributed by atoms with Gasteiger partial charge in [0.1, 0.15) is 0 Å². The van der Waals surface area contributed by atoms with Gasteiger partial charge < -0.3 is 18.9 Å². The van der Waals surface area contributed by atoms with Gasteiger partial charge in [-0.3, -0.25) is 4.79 Å². The monoisotopic (exact) mass is 331 g/mol. The van der Waals surface area contributed by atoms with Gasteiger partial charge in [0, 0.05) is 32.4 Å². The van der Waals surface area contributed by atoms with E-state index in [9.17, 15) is 4.79 Å². The highest BCUT2D eigenvalue weighted by molar-refractivity contribution is 5.79. The van der Waals surface area contributed by atoms with E-state index in [1.807, 2.05) is 23.1 Å². The maximum atomic E-state index is 12.2. The fourth-order valence-electron chi connectivity index (χ4n) is 2.94. The first kappa shape index (κ1) is 16.3. The molecule has 7 heteroatoms. The van der Waals surface area contributed by atoms with Gasteiger partial charge in [-0.25, -0.2) is 0 Å². The van der Waals surface area contributed by atoms with Crippen LogP contribution in [0.5, 0.6) is 11.5 Å². The predicted molar refractivity (Wildman–Crippen MR) is 86.2 cm³/mol. The first-order chi connectivity index (χ1) is 11.6. The minimum atomic E-state index is 0.0142. The molecule has 0 spiro atoms. The highest BCUT2D eigenvalue weighted by Gasteiger charge is 2.33. The molecule has 1 saturated heterocycles. The first-order valence-electron chi connectivity index (χ1n) is 7.89. The van der Waals surface area contributed by atoms with Crippen LogP contribution >= 0.6 is 0 Å². The van der Waals surface area contributed by atoms with Crippen LogP contribution in [0.15, 0.2) is 22.7 Å². The average Bonchev–Trinajstić information content (AvgIpc) is 3.18. The summed E-state index contributed by atoms with van der Waals surface area (Å²) >= 11 is 0. The summed E-state index contributed by atoms with van der Waals surface area (Å²) in [6.45, 7) is 3.04. The third-order valence-electron chi connectivity index (χ3n) is 4.24. The molecule has 1 atom stereocenters. The zero-order valence-electron chi connectivity index (χ0n) is 14.1. The third-order valence-corrected chi connectivity index (χ3v) is 4.24. The summed E-state index contributed by atoms with van der Waals surface area (Å²) in [6.07, 6.45) is 1.19. The normalized spacial score (nSPS) is 17.4. The van der Waals surface area contributed by atoms with Gasteiger partial charge in [0.05, 0.1) is 14.2 Å². The fraction of sp³-hybridized carbons (Fsp3) is 0.471. The largest absolute Gasteiger partial charge is 0.493 e. The Hall–Kier alpha value is -2.57. The van der Waals surface area contributed by atoms with E-state index >= 15 is 0 Å². The number of amides is 1. The Bertz CT molecular complexity index is 728. The lowest BCUT2D eigenvalue weighted by molar-refractivity contribution is -0.127. The molecule has 1 unspecified atom stereocenters. The molecule has 0 N–H and O–H groups in total. The van der Waals surface area contributed by atoms with E-state index < -0.39 is 0 Å². The van der Waals surface area contributed by atoms with Crippen molar-refractivity contribution in [3.63, 3.8) is 0 Å². The van der Waals surface area contributed by atoms with Crippen molar-refractivity contribution in [2.24, 2.45) is 0 Å². The lowest BCUT2D eigenvalue weighted by Gasteiger charge is -2.16. The first-order valence-corrected chi connectivity index (χ1v) is 7.89. The highest BCUT2D eigenvalue weighted by Crippen LogP contribution is 2.29. The number of carbonyl (C=O) groups is 1. The van der Waals surface area contributed by atoms with Crippen molar-refractivity contribution in [3.8, 4) is 11.5 Å². The molecule has 24 heavy (non-hydrogen) atoms. The van der Waals surface area contributed by atoms with Gasteiger partial charge in [-0.1, -0.05) is 11.2 Å². The summed E-state index contributed by atoms with van der Waals surface area (Å²) < 4.78 is 15.6. The molecule has 0 bridgehead atoms. The molecular formula is C17H21N3O4. The zero-order chi connectivity index (χ0) is 17.1. The maximum absolute atomic E-state index is 12.2. The number of hydrogen-bond acceptors (Lipinski definition) is 6. The van der Waals surface area contributed by atoms with Crippen LogP contribution < -0.4 is 9.47 Å². The number of ether oxygens (including phenoxy) is 2. The van der Waals surface area contributed by atoms with Crippen molar-refractivity contribution < 1.29 is 18.8 Å². The van der Waals surface area contributed by atoms with E-state index in [2.05, 4.69) is 10.1 Å². The Morgan fingerprint density at radius 3 is 2.75 bits per heavy atom. The van der Waals surface area contributed by atoms with E-state index in [0.717, 1.165) is 12.0 Å². The van der Waals surface area contributed by atoms with E-state index in [1.165, 1.54) is 0 Å². The van der Waals surface area contributed by atoms with Crippen LogP contribution in [0.1, 0.15) is 29.6 Å². The van der Waals surface area contributed by atoms with Crippen molar-refractivity contribution in [2.45, 2.75) is 25.7 Å². The summed E-state index contributed by atoms with van der Waals surface area (Å²) in [5.41, 5.74) is 1.10. The summed E-state index contributed by atoms with van der Waals surface area (Å²) in [6, 6.07) is 5.81. The molecule has 1 amide bonds. The van der Waals surface area contributed by atoms with Gasteiger partial charge in [0.25, 0.3) is 0 Å². The van der Waals surface area contributed by atoms with E-state index in [4.69, 9.17) is 14.0 Å². The summed E-state index contributed by atoms with van der Waals surface area (Å²) in [5, 5.41) is 3.93. The molecule has 0 aliphatic carbocycles. The zero-order valence-corrected chi connectivity index (χ0v) is 14.1. The van der Waals surface area contributed by atoms with Crippen molar-refractivity contribution in [1.29, 1.82) is 0 Å². The Labute approximate surface area is 140 Å². The number of rotatable bonds is 6. The molecule has 128 valence electrons. The van der Waals surface area contributed by atoms with E-state index in [1.54, 1.807) is 21.1 Å². The van der Waals surface area contributed by atoms with Gasteiger partial charge in [-0.05, 0) is 24.1 Å². The molecule has 0 saturated carbocycles. The lowest BCUT2D eigenvalue weighted by Crippen LogP contribution is -2.27. The summed E-state index contributed by atoms with van der Waals surface area (Å²) in [5.74, 6) is 2.69. The minimum Gasteiger partial charge on any atom is -0.493 e. The Balaban J connectivity index is 1.61. The van der Waals surface area contributed by atoms with Gasteiger partial charge >= 0.3 is 0 Å². The summed E-state index contributed by atoms with van der Waals surface area (Å²) in [4.78, 5) is 18.3. The van der Waals surface area contributed by atoms with Crippen LogP contribution in [0.3, 0.4) is 0 Å². The molecular weight excluding hydrogens is 310 g/mol. The van der Waals surface area contributed by atoms with Crippen molar-refractivity contribution in [2.75, 3.05) is 27.3 Å². The van der Waals surface area contributed by atoms with Crippen LogP contribution in [0.4, 0.5) is 0 Å². The van der Waals surface area contributed by atoms with Crippen LogP contribution in [-0.4, -0.2) is 48.3 Å². The molecule has 1 fully saturated rings. The van der Waals surface area contributed by atoms with Gasteiger partial charge in [0.2, 0.25) is 11.8 Å². The second kappa shape index (κ2) is 6.90. The Morgan fingerprint density at radius 2 is 2.08 bits per heavy atom. The molecule has 1 aliphatic heterocycles. The number of hydrogen-bond donors (Lipinski definition) is 0. The number of methoxy groups -OCH3 is 2. The van der Waals surface area contributed by atoms with Crippen LogP contribution in [-0.2, 0) is 11.2 Å². The predicted octanol–water partition coefficient (Wildman–Crippen LogP) is 1.95. The van der Waals surface area contributed by atoms with Gasteiger partial charge in [-0.2, -0.15) is 4.98 Å². The standard InChI is InChI=1S/C17H21N3O4/c1-11-18-17(19-24-11)13-9-16(21)20(10-13)7-6-12-4-5-14(22-2)15(8-12)23-3/h4-5,8,13H,6-7,9-10H2,1-3H3. The number of aryl methyl sites for hydroxylation is 1. The molecule has 7 nitrogen and oxygen atoms in total. The van der Waals surface area contributed by atoms with Crippen LogP contribution in [0.2, 0.25) is 0 Å². The molecule has 2 heterocycles. The van der Waals surface area contributed by atoms with Gasteiger partial charge in [0.15, 0.2) is 17.3 Å². The van der Waals surface area contributed by atoms with E-state index in [-0.39, 0.29) is 11.8 Å². The lowest BCUT2D eigenvalue weighted by atomic mass is 10.1. The van der Waals surface area contributed by atoms with Gasteiger partial charge in [-0.15, -0.1) is 0 Å². The highest BCUT2D eigenvalue weighted by atomic mass is 16.5. The smallest absolute Gasteiger partial charge is 0.223 e. The number of carbonyl (C=O) groups excluding carboxylic acids is 1.